The zero-order valence-electron chi connectivity index (χ0n) is 15.7. The smallest absolute Gasteiger partial charge is 0.0886 e. The van der Waals surface area contributed by atoms with Crippen molar-refractivity contribution in [2.24, 2.45) is 34.5 Å². The molecule has 1 unspecified atom stereocenters. The molecule has 7 atom stereocenters. The molecule has 3 nitrogen and oxygen atoms in total. The quantitative estimate of drug-likeness (QED) is 0.717. The van der Waals surface area contributed by atoms with Gasteiger partial charge in [-0.25, -0.2) is 0 Å². The van der Waals surface area contributed by atoms with Gasteiger partial charge in [-0.2, -0.15) is 0 Å². The molecule has 4 aliphatic rings. The van der Waals surface area contributed by atoms with E-state index >= 15 is 0 Å². The number of hydrogen-bond acceptors (Lipinski definition) is 3. The summed E-state index contributed by atoms with van der Waals surface area (Å²) >= 11 is 0. The van der Waals surface area contributed by atoms with Gasteiger partial charge in [0, 0.05) is 30.6 Å². The van der Waals surface area contributed by atoms with Crippen LogP contribution < -0.4 is 10.6 Å². The molecule has 24 heavy (non-hydrogen) atoms. The minimum Gasteiger partial charge on any atom is -0.513 e. The number of hydrogen-bond donors (Lipinski definition) is 3. The van der Waals surface area contributed by atoms with Crippen LogP contribution in [0.25, 0.3) is 0 Å². The van der Waals surface area contributed by atoms with Crippen LogP contribution in [0.2, 0.25) is 0 Å². The first-order valence-corrected chi connectivity index (χ1v) is 9.89. The highest BCUT2D eigenvalue weighted by molar-refractivity contribution is 5.26. The molecule has 3 heteroatoms. The lowest BCUT2D eigenvalue weighted by atomic mass is 9.44. The second-order valence-corrected chi connectivity index (χ2v) is 9.25. The van der Waals surface area contributed by atoms with E-state index in [9.17, 15) is 5.11 Å². The maximum Gasteiger partial charge on any atom is 0.0886 e. The Hall–Kier alpha value is -0.960. The van der Waals surface area contributed by atoms with Crippen LogP contribution in [0.3, 0.4) is 0 Å². The van der Waals surface area contributed by atoms with Gasteiger partial charge in [0.15, 0.2) is 0 Å². The molecule has 4 rings (SSSR count). The molecule has 2 fully saturated rings. The first kappa shape index (κ1) is 16.5. The van der Waals surface area contributed by atoms with E-state index in [2.05, 4.69) is 50.7 Å². The van der Waals surface area contributed by atoms with Gasteiger partial charge >= 0.3 is 0 Å². The number of fused-ring (bicyclic) bond motifs is 5. The molecule has 0 heterocycles. The van der Waals surface area contributed by atoms with Crippen molar-refractivity contribution in [3.8, 4) is 0 Å². The number of allylic oxidation sites excluding steroid dienone is 4. The Labute approximate surface area is 147 Å². The van der Waals surface area contributed by atoms with E-state index in [4.69, 9.17) is 0 Å². The summed E-state index contributed by atoms with van der Waals surface area (Å²) in [6.45, 7) is 5.02. The molecule has 0 aromatic carbocycles. The van der Waals surface area contributed by atoms with Crippen LogP contribution in [-0.2, 0) is 0 Å². The molecule has 134 valence electrons. The fraction of sp³-hybridized carbons (Fsp3) is 0.810. The topological polar surface area (TPSA) is 44.3 Å². The molecule has 0 saturated heterocycles. The molecule has 0 aromatic heterocycles. The number of rotatable bonds is 2. The Balaban J connectivity index is 1.71. The number of aliphatic hydroxyl groups excluding tert-OH is 1. The van der Waals surface area contributed by atoms with Crippen LogP contribution in [0.1, 0.15) is 52.4 Å². The van der Waals surface area contributed by atoms with Crippen molar-refractivity contribution in [2.45, 2.75) is 58.4 Å². The zero-order valence-corrected chi connectivity index (χ0v) is 15.7. The third kappa shape index (κ3) is 2.06. The lowest BCUT2D eigenvalue weighted by Crippen LogP contribution is -2.60. The molecule has 0 spiro atoms. The minimum absolute atomic E-state index is 0.334. The summed E-state index contributed by atoms with van der Waals surface area (Å²) in [5, 5.41) is 17.3. The maximum atomic E-state index is 10.1. The summed E-state index contributed by atoms with van der Waals surface area (Å²) < 4.78 is 0. The summed E-state index contributed by atoms with van der Waals surface area (Å²) in [5.74, 6) is 3.46. The van der Waals surface area contributed by atoms with Crippen LogP contribution in [0.4, 0.5) is 0 Å². The molecule has 2 saturated carbocycles. The Bertz CT molecular complexity index is 582. The van der Waals surface area contributed by atoms with Crippen molar-refractivity contribution in [1.82, 2.24) is 10.6 Å². The van der Waals surface area contributed by atoms with Crippen molar-refractivity contribution in [3.63, 3.8) is 0 Å². The number of aliphatic hydroxyl groups is 1. The second-order valence-electron chi connectivity index (χ2n) is 9.25. The fourth-order valence-corrected chi connectivity index (χ4v) is 7.11. The van der Waals surface area contributed by atoms with E-state index in [1.807, 2.05) is 0 Å². The largest absolute Gasteiger partial charge is 0.513 e. The van der Waals surface area contributed by atoms with Crippen LogP contribution in [0, 0.1) is 34.5 Å². The molecule has 0 amide bonds. The predicted molar refractivity (Wildman–Crippen MR) is 98.6 cm³/mol. The van der Waals surface area contributed by atoms with Crippen LogP contribution >= 0.6 is 0 Å². The summed E-state index contributed by atoms with van der Waals surface area (Å²) in [6.07, 6.45) is 11.8. The van der Waals surface area contributed by atoms with Crippen molar-refractivity contribution < 1.29 is 5.11 Å². The van der Waals surface area contributed by atoms with Gasteiger partial charge in [0.05, 0.1) is 5.76 Å². The first-order chi connectivity index (χ1) is 11.4. The highest BCUT2D eigenvalue weighted by atomic mass is 16.3. The van der Waals surface area contributed by atoms with Crippen LogP contribution in [0.15, 0.2) is 23.6 Å². The molecule has 0 aliphatic heterocycles. The van der Waals surface area contributed by atoms with Crippen LogP contribution in [-0.4, -0.2) is 25.2 Å². The van der Waals surface area contributed by atoms with E-state index in [1.165, 1.54) is 31.4 Å². The Morgan fingerprint density at radius 2 is 1.96 bits per heavy atom. The summed E-state index contributed by atoms with van der Waals surface area (Å²) in [4.78, 5) is 0. The Morgan fingerprint density at radius 3 is 2.67 bits per heavy atom. The summed E-state index contributed by atoms with van der Waals surface area (Å²) in [7, 11) is 4.23. The highest BCUT2D eigenvalue weighted by Gasteiger charge is 2.60. The van der Waals surface area contributed by atoms with Gasteiger partial charge in [0.25, 0.3) is 0 Å². The van der Waals surface area contributed by atoms with Gasteiger partial charge in [-0.15, -0.1) is 0 Å². The van der Waals surface area contributed by atoms with Gasteiger partial charge in [0.2, 0.25) is 0 Å². The monoisotopic (exact) mass is 330 g/mol. The molecule has 0 bridgehead atoms. The first-order valence-electron chi connectivity index (χ1n) is 9.89. The molecular weight excluding hydrogens is 296 g/mol. The second kappa shape index (κ2) is 5.52. The molecule has 3 N–H and O–H groups in total. The Morgan fingerprint density at radius 1 is 1.17 bits per heavy atom. The summed E-state index contributed by atoms with van der Waals surface area (Å²) in [5.41, 5.74) is 2.18. The number of nitrogens with one attached hydrogen (secondary N) is 2. The minimum atomic E-state index is 0.334. The van der Waals surface area contributed by atoms with E-state index in [0.29, 0.717) is 28.5 Å². The normalized spacial score (nSPS) is 50.2. The molecule has 0 aromatic rings. The lowest BCUT2D eigenvalue weighted by Gasteiger charge is -2.61. The average molecular weight is 331 g/mol. The fourth-order valence-electron chi connectivity index (χ4n) is 7.11. The van der Waals surface area contributed by atoms with Gasteiger partial charge in [-0.05, 0) is 74.3 Å². The Kier molecular flexibility index (Phi) is 3.80. The van der Waals surface area contributed by atoms with E-state index in [1.54, 1.807) is 0 Å². The van der Waals surface area contributed by atoms with Crippen LogP contribution in [0.5, 0.6) is 0 Å². The van der Waals surface area contributed by atoms with E-state index in [0.717, 1.165) is 30.6 Å². The van der Waals surface area contributed by atoms with Crippen molar-refractivity contribution >= 4 is 0 Å². The summed E-state index contributed by atoms with van der Waals surface area (Å²) in [6, 6.07) is 0.574. The predicted octanol–water partition coefficient (Wildman–Crippen LogP) is 3.99. The molecule has 0 radical (unpaired) electrons. The van der Waals surface area contributed by atoms with E-state index < -0.39 is 0 Å². The average Bonchev–Trinajstić information content (AvgIpc) is 2.91. The maximum absolute atomic E-state index is 10.1. The molecular formula is C21H34N2O. The SMILES string of the molecule is CNC1=CC[C@H]2[C@@H]3[C@@H](NC)CC4C=C(O)CC[C@]4(C)[C@H]3CC[C@]12C. The van der Waals surface area contributed by atoms with Gasteiger partial charge < -0.3 is 15.7 Å². The third-order valence-electron chi connectivity index (χ3n) is 8.53. The highest BCUT2D eigenvalue weighted by Crippen LogP contribution is 2.65. The van der Waals surface area contributed by atoms with Crippen molar-refractivity contribution in [3.05, 3.63) is 23.6 Å². The standard InChI is InChI=1S/C21H34N2O/c1-20-9-7-14(24)11-13(20)12-17(22-3)19-15-5-6-18(23-4)21(15,2)10-8-16(19)20/h6,11,13,15-17,19,22-24H,5,7-10,12H2,1-4H3/t13?,15-,16-,17-,19-,20-,21-/m0/s1. The van der Waals surface area contributed by atoms with Crippen molar-refractivity contribution in [2.75, 3.05) is 14.1 Å². The van der Waals surface area contributed by atoms with Gasteiger partial charge in [0.1, 0.15) is 0 Å². The van der Waals surface area contributed by atoms with Gasteiger partial charge in [-0.1, -0.05) is 19.9 Å². The van der Waals surface area contributed by atoms with Gasteiger partial charge in [-0.3, -0.25) is 0 Å². The molecule has 4 aliphatic carbocycles. The zero-order chi connectivity index (χ0) is 17.1. The van der Waals surface area contributed by atoms with E-state index in [-0.39, 0.29) is 0 Å². The lowest BCUT2D eigenvalue weighted by molar-refractivity contribution is -0.0954. The third-order valence-corrected chi connectivity index (χ3v) is 8.53. The van der Waals surface area contributed by atoms with Crippen molar-refractivity contribution in [1.29, 1.82) is 0 Å².